The lowest BCUT2D eigenvalue weighted by atomic mass is 10.0. The van der Waals surface area contributed by atoms with Crippen molar-refractivity contribution in [2.75, 3.05) is 13.9 Å². The number of ketones is 2. The first kappa shape index (κ1) is 30.8. The van der Waals surface area contributed by atoms with Crippen LogP contribution >= 0.6 is 0 Å². The molecule has 7 heteroatoms. The van der Waals surface area contributed by atoms with Crippen LogP contribution in [0.3, 0.4) is 0 Å². The summed E-state index contributed by atoms with van der Waals surface area (Å²) in [6.45, 7) is 3.78. The van der Waals surface area contributed by atoms with Gasteiger partial charge < -0.3 is 24.3 Å². The smallest absolute Gasteiger partial charge is 0.407 e. The zero-order chi connectivity index (χ0) is 25.7. The number of hydrogen-bond donors (Lipinski definition) is 1. The van der Waals surface area contributed by atoms with Gasteiger partial charge in [0, 0.05) is 26.4 Å². The number of carbonyl (C=O) groups excluding carboxylic acids is 3. The van der Waals surface area contributed by atoms with Gasteiger partial charge in [-0.2, -0.15) is 0 Å². The average Bonchev–Trinajstić information content (AvgIpc) is 2.84. The Hall–Kier alpha value is -2.25. The first-order valence-corrected chi connectivity index (χ1v) is 13.0. The van der Waals surface area contributed by atoms with Crippen LogP contribution in [0, 0.1) is 0 Å². The third-order valence-corrected chi connectivity index (χ3v) is 5.96. The molecule has 2 atom stereocenters. The maximum atomic E-state index is 12.4. The summed E-state index contributed by atoms with van der Waals surface area (Å²) in [5.74, 6) is 0.498. The molecule has 198 valence electrons. The summed E-state index contributed by atoms with van der Waals surface area (Å²) in [5.41, 5.74) is 0.915. The number of rotatable bonds is 21. The molecule has 0 aliphatic carbocycles. The number of ether oxygens (including phenoxy) is 3. The lowest BCUT2D eigenvalue weighted by molar-refractivity contribution is -0.121. The Bertz CT molecular complexity index is 709. The second-order valence-corrected chi connectivity index (χ2v) is 9.21. The molecule has 0 saturated carbocycles. The number of unbranched alkanes of at least 4 members (excludes halogenated alkanes) is 7. The van der Waals surface area contributed by atoms with Crippen LogP contribution in [0.25, 0.3) is 0 Å². The van der Waals surface area contributed by atoms with Crippen LogP contribution in [0.1, 0.15) is 96.5 Å². The van der Waals surface area contributed by atoms with Gasteiger partial charge >= 0.3 is 6.09 Å². The molecule has 0 fully saturated rings. The summed E-state index contributed by atoms with van der Waals surface area (Å²) in [5, 5.41) is 2.80. The summed E-state index contributed by atoms with van der Waals surface area (Å²) in [7, 11) is 1.54. The highest BCUT2D eigenvalue weighted by Gasteiger charge is 2.21. The van der Waals surface area contributed by atoms with Gasteiger partial charge in [-0.3, -0.25) is 4.79 Å². The van der Waals surface area contributed by atoms with Crippen LogP contribution in [0.2, 0.25) is 0 Å². The van der Waals surface area contributed by atoms with Crippen LogP contribution in [-0.2, 0) is 30.4 Å². The molecule has 35 heavy (non-hydrogen) atoms. The molecule has 0 saturated heterocycles. The van der Waals surface area contributed by atoms with Crippen molar-refractivity contribution in [3.8, 4) is 0 Å². The predicted molar refractivity (Wildman–Crippen MR) is 137 cm³/mol. The number of hydrogen-bond acceptors (Lipinski definition) is 6. The summed E-state index contributed by atoms with van der Waals surface area (Å²) in [6.07, 6.45) is 10.2. The molecule has 7 nitrogen and oxygen atoms in total. The van der Waals surface area contributed by atoms with E-state index in [9.17, 15) is 14.4 Å². The van der Waals surface area contributed by atoms with Gasteiger partial charge in [0.15, 0.2) is 0 Å². The van der Waals surface area contributed by atoms with Gasteiger partial charge in [-0.1, -0.05) is 68.9 Å². The maximum Gasteiger partial charge on any atom is 0.407 e. The highest BCUT2D eigenvalue weighted by Crippen LogP contribution is 2.14. The average molecular weight is 492 g/mol. The minimum Gasteiger partial charge on any atom is -0.445 e. The Morgan fingerprint density at radius 1 is 0.857 bits per heavy atom. The lowest BCUT2D eigenvalue weighted by Gasteiger charge is -2.24. The minimum atomic E-state index is -0.516. The Morgan fingerprint density at radius 3 is 2.06 bits per heavy atom. The fourth-order valence-electron chi connectivity index (χ4n) is 3.86. The van der Waals surface area contributed by atoms with Crippen molar-refractivity contribution in [3.05, 3.63) is 35.9 Å². The minimum absolute atomic E-state index is 0.0959. The van der Waals surface area contributed by atoms with E-state index in [1.807, 2.05) is 37.3 Å². The van der Waals surface area contributed by atoms with Gasteiger partial charge in [-0.05, 0) is 38.7 Å². The SMILES string of the molecule is COCO[C@H](CCC(=O)CCCCCCCCCCC(C)=O)[C@@H](C)NC(=O)OCc1ccccc1. The Labute approximate surface area is 211 Å². The zero-order valence-electron chi connectivity index (χ0n) is 21.9. The van der Waals surface area contributed by atoms with E-state index in [1.165, 1.54) is 19.3 Å². The van der Waals surface area contributed by atoms with E-state index in [0.717, 1.165) is 37.7 Å². The van der Waals surface area contributed by atoms with Gasteiger partial charge in [0.2, 0.25) is 0 Å². The van der Waals surface area contributed by atoms with Gasteiger partial charge in [0.25, 0.3) is 0 Å². The van der Waals surface area contributed by atoms with Crippen LogP contribution in [0.15, 0.2) is 30.3 Å². The fourth-order valence-corrected chi connectivity index (χ4v) is 3.86. The van der Waals surface area contributed by atoms with Gasteiger partial charge in [-0.25, -0.2) is 4.79 Å². The van der Waals surface area contributed by atoms with Gasteiger partial charge in [-0.15, -0.1) is 0 Å². The Balaban J connectivity index is 2.20. The molecule has 0 unspecified atom stereocenters. The highest BCUT2D eigenvalue weighted by atomic mass is 16.7. The first-order valence-electron chi connectivity index (χ1n) is 13.0. The molecular formula is C28H45NO6. The Kier molecular flexibility index (Phi) is 17.6. The van der Waals surface area contributed by atoms with Crippen molar-refractivity contribution in [1.29, 1.82) is 0 Å². The third kappa shape index (κ3) is 16.9. The van der Waals surface area contributed by atoms with E-state index in [2.05, 4.69) is 5.32 Å². The molecule has 0 spiro atoms. The van der Waals surface area contributed by atoms with Crippen molar-refractivity contribution in [3.63, 3.8) is 0 Å². The molecule has 0 aromatic heterocycles. The molecule has 0 heterocycles. The number of amides is 1. The van der Waals surface area contributed by atoms with Crippen LogP contribution in [0.5, 0.6) is 0 Å². The van der Waals surface area contributed by atoms with E-state index < -0.39 is 6.09 Å². The molecular weight excluding hydrogens is 446 g/mol. The van der Waals surface area contributed by atoms with Gasteiger partial charge in [0.05, 0.1) is 12.1 Å². The maximum absolute atomic E-state index is 12.4. The number of benzene rings is 1. The van der Waals surface area contributed by atoms with Crippen LogP contribution in [0.4, 0.5) is 4.79 Å². The highest BCUT2D eigenvalue weighted by molar-refractivity contribution is 5.78. The number of carbonyl (C=O) groups is 3. The zero-order valence-corrected chi connectivity index (χ0v) is 21.9. The lowest BCUT2D eigenvalue weighted by Crippen LogP contribution is -2.43. The van der Waals surface area contributed by atoms with Gasteiger partial charge in [0.1, 0.15) is 25.0 Å². The van der Waals surface area contributed by atoms with E-state index in [0.29, 0.717) is 25.7 Å². The second kappa shape index (κ2) is 20.0. The summed E-state index contributed by atoms with van der Waals surface area (Å²) >= 11 is 0. The number of Topliss-reactive ketones (excluding diaryl/α,β-unsaturated/α-hetero) is 2. The third-order valence-electron chi connectivity index (χ3n) is 5.96. The standard InChI is InChI=1S/C28H45NO6/c1-23(30)15-11-8-6-4-5-7-9-14-18-26(31)19-20-27(35-22-33-3)24(2)29-28(32)34-21-25-16-12-10-13-17-25/h10,12-13,16-17,24,27H,4-9,11,14-15,18-22H2,1-3H3,(H,29,32)/t24-,27-/m1/s1. The molecule has 0 aliphatic rings. The predicted octanol–water partition coefficient (Wildman–Crippen LogP) is 6.13. The van der Waals surface area contributed by atoms with E-state index in [4.69, 9.17) is 14.2 Å². The summed E-state index contributed by atoms with van der Waals surface area (Å²) in [6, 6.07) is 9.16. The van der Waals surface area contributed by atoms with Crippen LogP contribution in [-0.4, -0.2) is 43.7 Å². The molecule has 1 aromatic carbocycles. The molecule has 1 N–H and O–H groups in total. The van der Waals surface area contributed by atoms with Crippen molar-refractivity contribution in [1.82, 2.24) is 5.32 Å². The Morgan fingerprint density at radius 2 is 1.46 bits per heavy atom. The van der Waals surface area contributed by atoms with E-state index in [-0.39, 0.29) is 37.1 Å². The molecule has 1 rings (SSSR count). The largest absolute Gasteiger partial charge is 0.445 e. The van der Waals surface area contributed by atoms with Crippen molar-refractivity contribution in [2.24, 2.45) is 0 Å². The first-order chi connectivity index (χ1) is 16.9. The number of nitrogens with one attached hydrogen (secondary N) is 1. The quantitative estimate of drug-likeness (QED) is 0.164. The summed E-state index contributed by atoms with van der Waals surface area (Å²) < 4.78 is 16.0. The monoisotopic (exact) mass is 491 g/mol. The molecule has 1 amide bonds. The topological polar surface area (TPSA) is 90.9 Å². The normalized spacial score (nSPS) is 12.7. The van der Waals surface area contributed by atoms with Crippen LogP contribution < -0.4 is 5.32 Å². The van der Waals surface area contributed by atoms with Crippen molar-refractivity contribution < 1.29 is 28.6 Å². The summed E-state index contributed by atoms with van der Waals surface area (Å²) in [4.78, 5) is 35.5. The van der Waals surface area contributed by atoms with E-state index in [1.54, 1.807) is 14.0 Å². The number of alkyl carbamates (subject to hydrolysis) is 1. The number of methoxy groups -OCH3 is 1. The molecule has 0 aliphatic heterocycles. The van der Waals surface area contributed by atoms with E-state index >= 15 is 0 Å². The van der Waals surface area contributed by atoms with Crippen molar-refractivity contribution >= 4 is 17.7 Å². The second-order valence-electron chi connectivity index (χ2n) is 9.21. The molecule has 1 aromatic rings. The fraction of sp³-hybridized carbons (Fsp3) is 0.679. The molecule has 0 bridgehead atoms. The molecule has 0 radical (unpaired) electrons. The van der Waals surface area contributed by atoms with Crippen molar-refractivity contribution in [2.45, 2.75) is 110 Å².